The molecule has 0 aromatic heterocycles. The van der Waals surface area contributed by atoms with Gasteiger partial charge in [0, 0.05) is 17.7 Å². The summed E-state index contributed by atoms with van der Waals surface area (Å²) >= 11 is 0. The third-order valence-corrected chi connectivity index (χ3v) is 6.33. The van der Waals surface area contributed by atoms with E-state index < -0.39 is 9.84 Å². The van der Waals surface area contributed by atoms with E-state index in [0.717, 1.165) is 31.3 Å². The minimum absolute atomic E-state index is 0.0292. The number of allylic oxidation sites excluding steroid dienone is 1. The Bertz CT molecular complexity index is 489. The van der Waals surface area contributed by atoms with Crippen molar-refractivity contribution < 1.29 is 13.2 Å². The fourth-order valence-corrected chi connectivity index (χ4v) is 5.02. The summed E-state index contributed by atoms with van der Waals surface area (Å²) in [7, 11) is -2.96. The summed E-state index contributed by atoms with van der Waals surface area (Å²) < 4.78 is 23.5. The molecule has 0 aromatic carbocycles. The molecule has 0 spiro atoms. The third kappa shape index (κ3) is 3.43. The van der Waals surface area contributed by atoms with Crippen LogP contribution in [-0.2, 0) is 14.6 Å². The largest absolute Gasteiger partial charge is 0.332 e. The van der Waals surface area contributed by atoms with Crippen LogP contribution in [0.2, 0.25) is 0 Å². The number of carbonyl (C=O) groups is 1. The summed E-state index contributed by atoms with van der Waals surface area (Å²) in [6.07, 6.45) is 7.96. The van der Waals surface area contributed by atoms with Crippen molar-refractivity contribution in [3.8, 4) is 0 Å². The molecule has 1 atom stereocenters. The lowest BCUT2D eigenvalue weighted by Gasteiger charge is -2.38. The zero-order valence-electron chi connectivity index (χ0n) is 12.5. The predicted molar refractivity (Wildman–Crippen MR) is 80.2 cm³/mol. The van der Waals surface area contributed by atoms with Gasteiger partial charge < -0.3 is 4.90 Å². The highest BCUT2D eigenvalue weighted by Crippen LogP contribution is 2.29. The summed E-state index contributed by atoms with van der Waals surface area (Å²) in [5, 5.41) is 0. The standard InChI is InChI=1S/C15H25NO3S/c1-3-12(2)15(17)16(13-7-5-4-6-8-13)14-9-10-20(18,19)11-14/h3,13-14H,4-11H2,1-2H3/b12-3-. The predicted octanol–water partition coefficient (Wildman–Crippen LogP) is 2.30. The van der Waals surface area contributed by atoms with Crippen molar-refractivity contribution >= 4 is 15.7 Å². The van der Waals surface area contributed by atoms with Crippen LogP contribution in [0.15, 0.2) is 11.6 Å². The molecule has 0 bridgehead atoms. The number of sulfone groups is 1. The van der Waals surface area contributed by atoms with Gasteiger partial charge in [0.25, 0.3) is 0 Å². The molecule has 0 N–H and O–H groups in total. The highest BCUT2D eigenvalue weighted by Gasteiger charge is 2.38. The molecule has 114 valence electrons. The van der Waals surface area contributed by atoms with E-state index in [1.807, 2.05) is 24.8 Å². The average Bonchev–Trinajstić information content (AvgIpc) is 2.79. The zero-order valence-corrected chi connectivity index (χ0v) is 13.3. The van der Waals surface area contributed by atoms with Crippen molar-refractivity contribution in [3.05, 3.63) is 11.6 Å². The summed E-state index contributed by atoms with van der Waals surface area (Å²) in [5.41, 5.74) is 0.722. The quantitative estimate of drug-likeness (QED) is 0.751. The van der Waals surface area contributed by atoms with Crippen molar-refractivity contribution in [3.63, 3.8) is 0 Å². The molecule has 4 nitrogen and oxygen atoms in total. The van der Waals surface area contributed by atoms with E-state index in [0.29, 0.717) is 6.42 Å². The first-order valence-electron chi connectivity index (χ1n) is 7.60. The van der Waals surface area contributed by atoms with Crippen LogP contribution in [0.3, 0.4) is 0 Å². The maximum Gasteiger partial charge on any atom is 0.249 e. The van der Waals surface area contributed by atoms with Crippen molar-refractivity contribution in [2.24, 2.45) is 0 Å². The topological polar surface area (TPSA) is 54.5 Å². The van der Waals surface area contributed by atoms with Crippen molar-refractivity contribution in [2.45, 2.75) is 64.5 Å². The zero-order chi connectivity index (χ0) is 14.8. The highest BCUT2D eigenvalue weighted by atomic mass is 32.2. The molecule has 20 heavy (non-hydrogen) atoms. The molecule has 1 saturated heterocycles. The Labute approximate surface area is 122 Å². The van der Waals surface area contributed by atoms with Crippen LogP contribution >= 0.6 is 0 Å². The number of hydrogen-bond donors (Lipinski definition) is 0. The Morgan fingerprint density at radius 3 is 2.25 bits per heavy atom. The fraction of sp³-hybridized carbons (Fsp3) is 0.800. The molecule has 2 aliphatic rings. The van der Waals surface area contributed by atoms with E-state index in [9.17, 15) is 13.2 Å². The molecule has 1 saturated carbocycles. The number of carbonyl (C=O) groups excluding carboxylic acids is 1. The van der Waals surface area contributed by atoms with E-state index in [-0.39, 0.29) is 29.5 Å². The summed E-state index contributed by atoms with van der Waals surface area (Å²) in [6, 6.07) is 0.106. The van der Waals surface area contributed by atoms with Crippen molar-refractivity contribution in [1.82, 2.24) is 4.90 Å². The molecule has 2 rings (SSSR count). The van der Waals surface area contributed by atoms with E-state index >= 15 is 0 Å². The van der Waals surface area contributed by atoms with Crippen LogP contribution in [0.25, 0.3) is 0 Å². The van der Waals surface area contributed by atoms with Crippen LogP contribution < -0.4 is 0 Å². The van der Waals surface area contributed by atoms with Crippen LogP contribution in [-0.4, -0.2) is 42.8 Å². The van der Waals surface area contributed by atoms with Gasteiger partial charge >= 0.3 is 0 Å². The Hall–Kier alpha value is -0.840. The maximum atomic E-state index is 12.6. The van der Waals surface area contributed by atoms with Crippen LogP contribution in [0.4, 0.5) is 0 Å². The maximum absolute atomic E-state index is 12.6. The fourth-order valence-electron chi connectivity index (χ4n) is 3.31. The van der Waals surface area contributed by atoms with Crippen LogP contribution in [0.5, 0.6) is 0 Å². The van der Waals surface area contributed by atoms with Gasteiger partial charge in [-0.2, -0.15) is 0 Å². The summed E-state index contributed by atoms with van der Waals surface area (Å²) in [5.74, 6) is 0.399. The third-order valence-electron chi connectivity index (χ3n) is 4.57. The average molecular weight is 299 g/mol. The number of amides is 1. The number of hydrogen-bond acceptors (Lipinski definition) is 3. The van der Waals surface area contributed by atoms with Crippen molar-refractivity contribution in [2.75, 3.05) is 11.5 Å². The second kappa shape index (κ2) is 6.29. The monoisotopic (exact) mass is 299 g/mol. The number of rotatable bonds is 3. The molecule has 1 aliphatic carbocycles. The van der Waals surface area contributed by atoms with E-state index in [2.05, 4.69) is 0 Å². The van der Waals surface area contributed by atoms with E-state index in [1.54, 1.807) is 0 Å². The molecule has 0 radical (unpaired) electrons. The molecule has 1 aliphatic heterocycles. The minimum atomic E-state index is -2.96. The Morgan fingerprint density at radius 1 is 1.10 bits per heavy atom. The van der Waals surface area contributed by atoms with E-state index in [1.165, 1.54) is 6.42 Å². The molecule has 0 aromatic rings. The normalized spacial score (nSPS) is 27.5. The first kappa shape index (κ1) is 15.5. The lowest BCUT2D eigenvalue weighted by molar-refractivity contribution is -0.132. The molecular weight excluding hydrogens is 274 g/mol. The van der Waals surface area contributed by atoms with Gasteiger partial charge in [-0.1, -0.05) is 25.3 Å². The van der Waals surface area contributed by atoms with Gasteiger partial charge in [0.05, 0.1) is 11.5 Å². The van der Waals surface area contributed by atoms with Crippen molar-refractivity contribution in [1.29, 1.82) is 0 Å². The van der Waals surface area contributed by atoms with Crippen LogP contribution in [0, 0.1) is 0 Å². The van der Waals surface area contributed by atoms with Gasteiger partial charge in [-0.05, 0) is 33.1 Å². The first-order valence-corrected chi connectivity index (χ1v) is 9.43. The SMILES string of the molecule is C/C=C(/C)C(=O)N(C1CCCCC1)C1CCS(=O)(=O)C1. The van der Waals surface area contributed by atoms with Gasteiger partial charge in [0.1, 0.15) is 0 Å². The first-order chi connectivity index (χ1) is 9.44. The molecule has 1 heterocycles. The molecule has 5 heteroatoms. The summed E-state index contributed by atoms with van der Waals surface area (Å²) in [4.78, 5) is 14.5. The van der Waals surface area contributed by atoms with Crippen LogP contribution in [0.1, 0.15) is 52.4 Å². The molecule has 1 unspecified atom stereocenters. The molecule has 1 amide bonds. The van der Waals surface area contributed by atoms with Gasteiger partial charge in [0.15, 0.2) is 9.84 Å². The summed E-state index contributed by atoms with van der Waals surface area (Å²) in [6.45, 7) is 3.68. The molecular formula is C15H25NO3S. The highest BCUT2D eigenvalue weighted by molar-refractivity contribution is 7.91. The molecule has 2 fully saturated rings. The van der Waals surface area contributed by atoms with E-state index in [4.69, 9.17) is 0 Å². The smallest absolute Gasteiger partial charge is 0.249 e. The van der Waals surface area contributed by atoms with Gasteiger partial charge in [-0.3, -0.25) is 4.79 Å². The minimum Gasteiger partial charge on any atom is -0.332 e. The van der Waals surface area contributed by atoms with Gasteiger partial charge in [-0.25, -0.2) is 8.42 Å². The Morgan fingerprint density at radius 2 is 1.75 bits per heavy atom. The lowest BCUT2D eigenvalue weighted by Crippen LogP contribution is -2.49. The van der Waals surface area contributed by atoms with Gasteiger partial charge in [0.2, 0.25) is 5.91 Å². The van der Waals surface area contributed by atoms with Gasteiger partial charge in [-0.15, -0.1) is 0 Å². The second-order valence-corrected chi connectivity index (χ2v) is 8.26. The second-order valence-electron chi connectivity index (χ2n) is 6.03. The lowest BCUT2D eigenvalue weighted by atomic mass is 9.92. The Balaban J connectivity index is 2.22. The Kier molecular flexibility index (Phi) is 4.89. The number of nitrogens with zero attached hydrogens (tertiary/aromatic N) is 1.